The van der Waals surface area contributed by atoms with E-state index in [1.807, 2.05) is 125 Å². The minimum Gasteiger partial charge on any atom is -0.456 e. The predicted molar refractivity (Wildman–Crippen MR) is 367 cm³/mol. The number of ether oxygens (including phenoxy) is 4. The number of rotatable bonds is 23. The van der Waals surface area contributed by atoms with Gasteiger partial charge < -0.3 is 28.7 Å². The first-order valence-electron chi connectivity index (χ1n) is 33.6. The van der Waals surface area contributed by atoms with Crippen molar-refractivity contribution in [2.24, 2.45) is 0 Å². The molecule has 0 fully saturated rings. The minimum absolute atomic E-state index is 0.101. The molecule has 8 aromatic carbocycles. The Bertz CT molecular complexity index is 3860. The summed E-state index contributed by atoms with van der Waals surface area (Å²) in [7, 11) is 0. The highest BCUT2D eigenvalue weighted by molar-refractivity contribution is 6.04. The highest BCUT2D eigenvalue weighted by Crippen LogP contribution is 2.60. The lowest BCUT2D eigenvalue weighted by Crippen LogP contribution is -2.34. The molecule has 0 aromatic heterocycles. The van der Waals surface area contributed by atoms with Crippen molar-refractivity contribution in [1.29, 1.82) is 0 Å². The number of hydrogen-bond donors (Lipinski definition) is 0. The van der Waals surface area contributed by atoms with Crippen LogP contribution in [-0.4, -0.2) is 49.9 Å². The summed E-state index contributed by atoms with van der Waals surface area (Å²) < 4.78 is 27.2. The first kappa shape index (κ1) is 63.0. The number of aryl methyl sites for hydroxylation is 2. The molecule has 2 unspecified atom stereocenters. The number of nitrogens with zero attached hydrogens (tertiary/aromatic N) is 4. The Hall–Kier alpha value is -9.16. The van der Waals surface area contributed by atoms with Crippen molar-refractivity contribution in [2.45, 2.75) is 156 Å². The van der Waals surface area contributed by atoms with E-state index >= 15 is 0 Å². The summed E-state index contributed by atoms with van der Waals surface area (Å²) in [4.78, 5) is 65.7. The molecule has 12 nitrogen and oxygen atoms in total. The van der Waals surface area contributed by atoms with Crippen LogP contribution in [0.1, 0.15) is 202 Å². The number of fused-ring (bicyclic) bond motifs is 12. The summed E-state index contributed by atoms with van der Waals surface area (Å²) in [6, 6.07) is 52.2. The molecule has 12 rings (SSSR count). The molecule has 474 valence electrons. The lowest BCUT2D eigenvalue weighted by atomic mass is 9.74. The van der Waals surface area contributed by atoms with Gasteiger partial charge in [0.15, 0.2) is 11.2 Å². The molecule has 0 aliphatic carbocycles. The van der Waals surface area contributed by atoms with Crippen molar-refractivity contribution in [3.05, 3.63) is 224 Å². The van der Waals surface area contributed by atoms with Gasteiger partial charge in [-0.15, -0.1) is 0 Å². The number of amides is 2. The third-order valence-electron chi connectivity index (χ3n) is 19.7. The van der Waals surface area contributed by atoms with Gasteiger partial charge in [-0.05, 0) is 153 Å². The summed E-state index contributed by atoms with van der Waals surface area (Å²) >= 11 is 0. The van der Waals surface area contributed by atoms with Gasteiger partial charge in [0.2, 0.25) is 11.8 Å². The molecule has 4 heterocycles. The number of carbonyl (C=O) groups is 4. The van der Waals surface area contributed by atoms with Gasteiger partial charge in [-0.3, -0.25) is 19.4 Å². The molecule has 2 atom stereocenters. The molecule has 0 bridgehead atoms. The van der Waals surface area contributed by atoms with E-state index in [2.05, 4.69) is 112 Å². The zero-order valence-electron chi connectivity index (χ0n) is 55.2. The van der Waals surface area contributed by atoms with Crippen LogP contribution in [0.15, 0.2) is 158 Å². The maximum absolute atomic E-state index is 14.6. The van der Waals surface area contributed by atoms with Crippen molar-refractivity contribution in [3.63, 3.8) is 0 Å². The summed E-state index contributed by atoms with van der Waals surface area (Å²) in [5.74, 6) is 1.37. The van der Waals surface area contributed by atoms with Gasteiger partial charge >= 0.3 is 11.9 Å². The quantitative estimate of drug-likeness (QED) is 0.0573. The lowest BCUT2D eigenvalue weighted by molar-refractivity contribution is -0.118. The van der Waals surface area contributed by atoms with Crippen molar-refractivity contribution in [2.75, 3.05) is 45.8 Å². The van der Waals surface area contributed by atoms with E-state index in [9.17, 15) is 19.2 Å². The van der Waals surface area contributed by atoms with E-state index in [1.165, 1.54) is 0 Å². The van der Waals surface area contributed by atoms with Crippen LogP contribution in [-0.2, 0) is 35.7 Å². The average Bonchev–Trinajstić information content (AvgIpc) is 1.43. The number of hydrogen-bond acceptors (Lipinski definition) is 10. The van der Waals surface area contributed by atoms with Gasteiger partial charge in [0.1, 0.15) is 23.0 Å². The second kappa shape index (κ2) is 25.8. The van der Waals surface area contributed by atoms with Gasteiger partial charge in [-0.2, -0.15) is 0 Å². The van der Waals surface area contributed by atoms with Gasteiger partial charge in [-0.25, -0.2) is 9.59 Å². The van der Waals surface area contributed by atoms with E-state index in [-0.39, 0.29) is 24.7 Å². The van der Waals surface area contributed by atoms with Gasteiger partial charge in [-0.1, -0.05) is 142 Å². The fourth-order valence-electron chi connectivity index (χ4n) is 14.3. The third kappa shape index (κ3) is 10.7. The molecule has 0 radical (unpaired) electrons. The monoisotopic (exact) mass is 1230 g/mol. The van der Waals surface area contributed by atoms with E-state index in [1.54, 1.807) is 9.80 Å². The number of anilines is 6. The first-order valence-corrected chi connectivity index (χ1v) is 33.6. The summed E-state index contributed by atoms with van der Waals surface area (Å²) in [5, 5.41) is 0. The van der Waals surface area contributed by atoms with Crippen molar-refractivity contribution < 1.29 is 38.1 Å². The summed E-state index contributed by atoms with van der Waals surface area (Å²) in [6.45, 7) is 24.7. The molecule has 0 N–H and O–H groups in total. The maximum atomic E-state index is 14.6. The molecule has 12 heteroatoms. The van der Waals surface area contributed by atoms with Crippen LogP contribution >= 0.6 is 0 Å². The topological polar surface area (TPSA) is 118 Å². The largest absolute Gasteiger partial charge is 0.456 e. The molecule has 4 aliphatic heterocycles. The van der Waals surface area contributed by atoms with Crippen LogP contribution in [0.2, 0.25) is 0 Å². The normalized spacial score (nSPS) is 16.8. The van der Waals surface area contributed by atoms with Crippen LogP contribution < -0.4 is 29.1 Å². The van der Waals surface area contributed by atoms with Crippen molar-refractivity contribution in [3.8, 4) is 23.0 Å². The molecular weight excluding hydrogens is 1140 g/mol. The molecular formula is C80H86N4O8. The highest BCUT2D eigenvalue weighted by atomic mass is 16.6. The van der Waals surface area contributed by atoms with Crippen LogP contribution in [0.25, 0.3) is 0 Å². The van der Waals surface area contributed by atoms with E-state index in [0.717, 1.165) is 140 Å². The Morgan fingerprint density at radius 3 is 1.11 bits per heavy atom. The molecule has 0 saturated carbocycles. The highest BCUT2D eigenvalue weighted by Gasteiger charge is 2.56. The third-order valence-corrected chi connectivity index (χ3v) is 19.7. The van der Waals surface area contributed by atoms with Crippen molar-refractivity contribution in [1.82, 2.24) is 0 Å². The zero-order chi connectivity index (χ0) is 64.6. The molecule has 0 saturated heterocycles. The first-order chi connectivity index (χ1) is 44.6. The second-order valence-electron chi connectivity index (χ2n) is 25.4. The summed E-state index contributed by atoms with van der Waals surface area (Å²) in [5.41, 5.74) is 10.6. The Morgan fingerprint density at radius 1 is 0.413 bits per heavy atom. The SMILES string of the molecule is CCCCN(CCCC)c1ccc2c(c1)Oc1cc(C)c(N(C(=O)CC)c3ccc(C(C)(CC)c4ccc(N(C(=O)CC)c5cc6c(cc5C)Oc5cc(N(CCCC)CCCC)ccc5C65OC(=O)c6ccccc65)cc4)cc3)cc1C21OC(=O)c2ccccc21. The van der Waals surface area contributed by atoms with Gasteiger partial charge in [0.05, 0.1) is 22.5 Å². The number of benzene rings is 8. The fourth-order valence-corrected chi connectivity index (χ4v) is 14.3. The molecule has 92 heavy (non-hydrogen) atoms. The van der Waals surface area contributed by atoms with Gasteiger partial charge in [0, 0.05) is 113 Å². The van der Waals surface area contributed by atoms with Crippen LogP contribution in [0.4, 0.5) is 34.1 Å². The molecule has 2 amide bonds. The molecule has 2 spiro atoms. The van der Waals surface area contributed by atoms with Crippen LogP contribution in [0, 0.1) is 13.8 Å². The lowest BCUT2D eigenvalue weighted by Gasteiger charge is -2.38. The average molecular weight is 1230 g/mol. The standard InChI is InChI=1S/C80H86N4O8/c1-11-18-42-81(43-19-12-2)58-38-40-64-72(48-58)89-70-46-52(8)68(50-66(70)79(64)62-28-24-22-26-60(62)76(87)91-79)83(74(85)15-5)56-34-30-54(31-35-56)78(10,17-7)55-32-36-57(37-33-55)84(75(86)16-6)69-51-67-71(47-53(69)9)90-73-49-59(82(44-20-13-3)45-21-14-4)39-41-65(73)80(67)63-29-25-23-27-61(63)77(88)92-80/h22-41,46-51H,11-21,42-45H2,1-10H3. The van der Waals surface area contributed by atoms with E-state index in [0.29, 0.717) is 68.0 Å². The Labute approximate surface area is 543 Å². The predicted octanol–water partition coefficient (Wildman–Crippen LogP) is 19.1. The smallest absolute Gasteiger partial charge is 0.340 e. The fraction of sp³-hybridized carbons (Fsp3) is 0.350. The number of unbranched alkanes of at least 4 members (excludes halogenated alkanes) is 4. The Kier molecular flexibility index (Phi) is 17.7. The summed E-state index contributed by atoms with van der Waals surface area (Å²) in [6.07, 6.45) is 9.81. The maximum Gasteiger partial charge on any atom is 0.340 e. The van der Waals surface area contributed by atoms with Gasteiger partial charge in [0.25, 0.3) is 0 Å². The number of esters is 2. The molecule has 4 aliphatic rings. The zero-order valence-corrected chi connectivity index (χ0v) is 55.2. The van der Waals surface area contributed by atoms with E-state index in [4.69, 9.17) is 18.9 Å². The van der Waals surface area contributed by atoms with E-state index < -0.39 is 28.6 Å². The van der Waals surface area contributed by atoms with Crippen LogP contribution in [0.3, 0.4) is 0 Å². The second-order valence-corrected chi connectivity index (χ2v) is 25.4. The Balaban J connectivity index is 0.878. The van der Waals surface area contributed by atoms with Crippen molar-refractivity contribution >= 4 is 57.9 Å². The molecule has 8 aromatic rings. The van der Waals surface area contributed by atoms with Crippen LogP contribution in [0.5, 0.6) is 23.0 Å². The minimum atomic E-state index is -1.34. The number of carbonyl (C=O) groups excluding carboxylic acids is 4. The Morgan fingerprint density at radius 2 is 0.761 bits per heavy atom.